The molecule has 1 amide bonds. The van der Waals surface area contributed by atoms with E-state index >= 15 is 0 Å². The molecule has 1 aromatic heterocycles. The minimum Gasteiger partial charge on any atom is -0.493 e. The van der Waals surface area contributed by atoms with Crippen molar-refractivity contribution < 1.29 is 9.53 Å². The molecule has 4 rings (SSSR count). The zero-order valence-corrected chi connectivity index (χ0v) is 16.9. The molecule has 6 heteroatoms. The summed E-state index contributed by atoms with van der Waals surface area (Å²) in [5, 5.41) is 11.5. The third-order valence-corrected chi connectivity index (χ3v) is 5.46. The summed E-state index contributed by atoms with van der Waals surface area (Å²) in [4.78, 5) is 12.9. The van der Waals surface area contributed by atoms with E-state index in [2.05, 4.69) is 46.8 Å². The maximum Gasteiger partial charge on any atom is 0.274 e. The van der Waals surface area contributed by atoms with E-state index < -0.39 is 0 Å². The van der Waals surface area contributed by atoms with E-state index in [1.807, 2.05) is 31.2 Å². The van der Waals surface area contributed by atoms with Crippen LogP contribution in [0.1, 0.15) is 58.7 Å². The molecule has 0 aliphatic carbocycles. The molecule has 1 atom stereocenters. The molecule has 1 aliphatic heterocycles. The lowest BCUT2D eigenvalue weighted by Gasteiger charge is -2.17. The van der Waals surface area contributed by atoms with Gasteiger partial charge >= 0.3 is 0 Å². The second kappa shape index (κ2) is 8.47. The summed E-state index contributed by atoms with van der Waals surface area (Å²) in [5.41, 5.74) is 4.59. The van der Waals surface area contributed by atoms with Crippen LogP contribution in [0, 0.1) is 6.92 Å². The molecule has 6 nitrogen and oxygen atoms in total. The summed E-state index contributed by atoms with van der Waals surface area (Å²) in [7, 11) is 0. The zero-order chi connectivity index (χ0) is 20.2. The predicted molar refractivity (Wildman–Crippen MR) is 111 cm³/mol. The van der Waals surface area contributed by atoms with E-state index in [9.17, 15) is 4.79 Å². The van der Waals surface area contributed by atoms with Crippen LogP contribution in [0.4, 0.5) is 0 Å². The Balaban J connectivity index is 1.50. The van der Waals surface area contributed by atoms with Gasteiger partial charge in [-0.05, 0) is 43.4 Å². The van der Waals surface area contributed by atoms with Gasteiger partial charge in [0.1, 0.15) is 5.75 Å². The summed E-state index contributed by atoms with van der Waals surface area (Å²) >= 11 is 0. The lowest BCUT2D eigenvalue weighted by molar-refractivity contribution is 0.0929. The summed E-state index contributed by atoms with van der Waals surface area (Å²) < 4.78 is 7.57. The Morgan fingerprint density at radius 3 is 2.72 bits per heavy atom. The van der Waals surface area contributed by atoms with Crippen LogP contribution in [0.25, 0.3) is 0 Å². The monoisotopic (exact) mass is 390 g/mol. The Labute approximate surface area is 170 Å². The molecular weight excluding hydrogens is 364 g/mol. The van der Waals surface area contributed by atoms with Gasteiger partial charge in [0.2, 0.25) is 0 Å². The van der Waals surface area contributed by atoms with Crippen LogP contribution < -0.4 is 10.1 Å². The van der Waals surface area contributed by atoms with Gasteiger partial charge in [0.05, 0.1) is 24.9 Å². The first-order chi connectivity index (χ1) is 14.2. The first-order valence-corrected chi connectivity index (χ1v) is 10.2. The second-order valence-corrected chi connectivity index (χ2v) is 7.41. The summed E-state index contributed by atoms with van der Waals surface area (Å²) in [6.07, 6.45) is 2.74. The molecule has 1 N–H and O–H groups in total. The highest BCUT2D eigenvalue weighted by molar-refractivity contribution is 5.93. The number of benzene rings is 2. The Morgan fingerprint density at radius 2 is 1.93 bits per heavy atom. The number of carbonyl (C=O) groups excluding carboxylic acids is 1. The number of rotatable bonds is 5. The van der Waals surface area contributed by atoms with Gasteiger partial charge in [-0.15, -0.1) is 5.10 Å². The average Bonchev–Trinajstić information content (AvgIpc) is 2.98. The number of amides is 1. The molecule has 0 unspecified atom stereocenters. The Bertz CT molecular complexity index is 994. The molecule has 3 aromatic rings. The van der Waals surface area contributed by atoms with Gasteiger partial charge in [-0.25, -0.2) is 4.68 Å². The minimum absolute atomic E-state index is 0.0904. The maximum absolute atomic E-state index is 12.9. The highest BCUT2D eigenvalue weighted by Gasteiger charge is 2.24. The number of fused-ring (bicyclic) bond motifs is 1. The highest BCUT2D eigenvalue weighted by atomic mass is 16.5. The van der Waals surface area contributed by atoms with Gasteiger partial charge in [-0.1, -0.05) is 54.6 Å². The average molecular weight is 390 g/mol. The van der Waals surface area contributed by atoms with Gasteiger partial charge in [-0.2, -0.15) is 0 Å². The number of nitrogens with one attached hydrogen (secondary N) is 1. The normalized spacial score (nSPS) is 15.9. The number of aryl methyl sites for hydroxylation is 1. The van der Waals surface area contributed by atoms with Crippen molar-refractivity contribution in [1.29, 1.82) is 0 Å². The van der Waals surface area contributed by atoms with Crippen molar-refractivity contribution in [1.82, 2.24) is 20.3 Å². The van der Waals surface area contributed by atoms with Crippen molar-refractivity contribution in [3.05, 3.63) is 76.6 Å². The van der Waals surface area contributed by atoms with Crippen molar-refractivity contribution in [2.75, 3.05) is 6.61 Å². The van der Waals surface area contributed by atoms with Crippen LogP contribution >= 0.6 is 0 Å². The zero-order valence-electron chi connectivity index (χ0n) is 16.9. The maximum atomic E-state index is 12.9. The van der Waals surface area contributed by atoms with Crippen molar-refractivity contribution >= 4 is 5.91 Å². The fourth-order valence-corrected chi connectivity index (χ4v) is 3.68. The molecular formula is C23H26N4O2. The standard InChI is InChI=1S/C23H26N4O2/c1-3-17-10-12-18(13-11-17)15-27-16(2)22(25-26-27)23(28)24-20-8-6-14-29-21-9-5-4-7-19(20)21/h4-5,7,9-13,20H,3,6,8,14-15H2,1-2H3,(H,24,28)/t20-/m1/s1. The molecule has 1 aliphatic rings. The van der Waals surface area contributed by atoms with E-state index in [4.69, 9.17) is 4.74 Å². The van der Waals surface area contributed by atoms with Crippen LogP contribution in [-0.2, 0) is 13.0 Å². The van der Waals surface area contributed by atoms with Gasteiger partial charge in [-0.3, -0.25) is 4.79 Å². The number of hydrogen-bond acceptors (Lipinski definition) is 4. The molecule has 0 saturated carbocycles. The van der Waals surface area contributed by atoms with Crippen molar-refractivity contribution in [2.24, 2.45) is 0 Å². The van der Waals surface area contributed by atoms with Gasteiger partial charge in [0, 0.05) is 5.56 Å². The molecule has 150 valence electrons. The smallest absolute Gasteiger partial charge is 0.274 e. The highest BCUT2D eigenvalue weighted by Crippen LogP contribution is 2.31. The lowest BCUT2D eigenvalue weighted by Crippen LogP contribution is -2.29. The second-order valence-electron chi connectivity index (χ2n) is 7.41. The Morgan fingerprint density at radius 1 is 1.17 bits per heavy atom. The predicted octanol–water partition coefficient (Wildman–Crippen LogP) is 3.84. The third-order valence-electron chi connectivity index (χ3n) is 5.46. The first kappa shape index (κ1) is 19.2. The van der Waals surface area contributed by atoms with Crippen molar-refractivity contribution in [3.8, 4) is 5.75 Å². The van der Waals surface area contributed by atoms with Gasteiger partial charge in [0.25, 0.3) is 5.91 Å². The summed E-state index contributed by atoms with van der Waals surface area (Å²) in [6, 6.07) is 16.2. The van der Waals surface area contributed by atoms with Crippen LogP contribution in [0.5, 0.6) is 5.75 Å². The number of aromatic nitrogens is 3. The largest absolute Gasteiger partial charge is 0.493 e. The van der Waals surface area contributed by atoms with Gasteiger partial charge in [0.15, 0.2) is 5.69 Å². The molecule has 2 aromatic carbocycles. The number of nitrogens with zero attached hydrogens (tertiary/aromatic N) is 3. The molecule has 0 spiro atoms. The molecule has 0 fully saturated rings. The quantitative estimate of drug-likeness (QED) is 0.719. The molecule has 29 heavy (non-hydrogen) atoms. The van der Waals surface area contributed by atoms with Crippen molar-refractivity contribution in [2.45, 2.75) is 45.7 Å². The summed E-state index contributed by atoms with van der Waals surface area (Å²) in [5.74, 6) is 0.642. The Hall–Kier alpha value is -3.15. The van der Waals surface area contributed by atoms with Gasteiger partial charge < -0.3 is 10.1 Å². The van der Waals surface area contributed by atoms with Crippen LogP contribution in [0.15, 0.2) is 48.5 Å². The Kier molecular flexibility index (Phi) is 5.60. The fourth-order valence-electron chi connectivity index (χ4n) is 3.68. The number of para-hydroxylation sites is 1. The first-order valence-electron chi connectivity index (χ1n) is 10.2. The number of hydrogen-bond donors (Lipinski definition) is 1. The molecule has 2 heterocycles. The lowest BCUT2D eigenvalue weighted by atomic mass is 10.0. The van der Waals surface area contributed by atoms with E-state index in [0.29, 0.717) is 18.8 Å². The molecule has 0 bridgehead atoms. The molecule has 0 radical (unpaired) electrons. The van der Waals surface area contributed by atoms with E-state index in [0.717, 1.165) is 41.8 Å². The van der Waals surface area contributed by atoms with Crippen LogP contribution in [0.3, 0.4) is 0 Å². The summed E-state index contributed by atoms with van der Waals surface area (Å²) in [6.45, 7) is 5.28. The topological polar surface area (TPSA) is 69.0 Å². The number of carbonyl (C=O) groups is 1. The van der Waals surface area contributed by atoms with Crippen LogP contribution in [-0.4, -0.2) is 27.5 Å². The minimum atomic E-state index is -0.197. The van der Waals surface area contributed by atoms with E-state index in [1.54, 1.807) is 4.68 Å². The molecule has 0 saturated heterocycles. The van der Waals surface area contributed by atoms with Crippen molar-refractivity contribution in [3.63, 3.8) is 0 Å². The fraction of sp³-hybridized carbons (Fsp3) is 0.348. The van der Waals surface area contributed by atoms with E-state index in [-0.39, 0.29) is 11.9 Å². The van der Waals surface area contributed by atoms with Crippen LogP contribution in [0.2, 0.25) is 0 Å². The number of ether oxygens (including phenoxy) is 1. The van der Waals surface area contributed by atoms with E-state index in [1.165, 1.54) is 5.56 Å². The third kappa shape index (κ3) is 4.16. The SMILES string of the molecule is CCc1ccc(Cn2nnc(C(=O)N[C@@H]3CCCOc4ccccc43)c2C)cc1.